The fourth-order valence-corrected chi connectivity index (χ4v) is 4.14. The van der Waals surface area contributed by atoms with Crippen LogP contribution in [0.3, 0.4) is 0 Å². The molecule has 7 heteroatoms. The van der Waals surface area contributed by atoms with Gasteiger partial charge in [0.1, 0.15) is 0 Å². The molecule has 3 aromatic carbocycles. The molecular formula is C18H19ClN4S2. The standard InChI is InChI=1S/C18H18N4S2.ClH/c19-17(20)23-9-15-11-5-1-2-6-12(11)16(10-24-18(21)22)14-8-4-3-7-13(14)15;/h1-8H,9-10H2,(H3,19,20)(H3,21,22);1H. The first-order valence-electron chi connectivity index (χ1n) is 7.42. The van der Waals surface area contributed by atoms with Gasteiger partial charge in [-0.3, -0.25) is 10.8 Å². The summed E-state index contributed by atoms with van der Waals surface area (Å²) in [5, 5.41) is 20.0. The second-order valence-corrected chi connectivity index (χ2v) is 7.39. The fraction of sp³-hybridized carbons (Fsp3) is 0.111. The molecule has 3 aromatic rings. The zero-order chi connectivity index (χ0) is 17.1. The van der Waals surface area contributed by atoms with Crippen molar-refractivity contribution in [1.82, 2.24) is 0 Å². The van der Waals surface area contributed by atoms with E-state index < -0.39 is 0 Å². The lowest BCUT2D eigenvalue weighted by atomic mass is 9.93. The van der Waals surface area contributed by atoms with Crippen LogP contribution in [0.4, 0.5) is 0 Å². The summed E-state index contributed by atoms with van der Waals surface area (Å²) in [5.41, 5.74) is 13.5. The number of nitrogens with two attached hydrogens (primary N) is 2. The van der Waals surface area contributed by atoms with Gasteiger partial charge in [0.05, 0.1) is 0 Å². The van der Waals surface area contributed by atoms with Crippen molar-refractivity contribution < 1.29 is 0 Å². The smallest absolute Gasteiger partial charge is 0.151 e. The average Bonchev–Trinajstić information content (AvgIpc) is 2.57. The molecule has 0 unspecified atom stereocenters. The number of hydrogen-bond donors (Lipinski definition) is 4. The van der Waals surface area contributed by atoms with E-state index in [4.69, 9.17) is 22.3 Å². The largest absolute Gasteiger partial charge is 0.379 e. The van der Waals surface area contributed by atoms with Gasteiger partial charge in [-0.1, -0.05) is 72.1 Å². The molecule has 0 aliphatic carbocycles. The maximum Gasteiger partial charge on any atom is 0.151 e. The molecule has 0 saturated carbocycles. The summed E-state index contributed by atoms with van der Waals surface area (Å²) in [5.74, 6) is 1.33. The zero-order valence-electron chi connectivity index (χ0n) is 13.4. The number of nitrogens with one attached hydrogen (secondary N) is 2. The third kappa shape index (κ3) is 4.21. The van der Waals surface area contributed by atoms with E-state index in [0.717, 1.165) is 0 Å². The summed E-state index contributed by atoms with van der Waals surface area (Å²) in [6.07, 6.45) is 0. The molecule has 0 amide bonds. The second kappa shape index (κ2) is 8.47. The highest BCUT2D eigenvalue weighted by molar-refractivity contribution is 8.13. The van der Waals surface area contributed by atoms with Gasteiger partial charge in [-0.25, -0.2) is 0 Å². The third-order valence-electron chi connectivity index (χ3n) is 3.90. The van der Waals surface area contributed by atoms with Crippen LogP contribution in [0.5, 0.6) is 0 Å². The molecule has 0 aliphatic heterocycles. The molecule has 0 saturated heterocycles. The Morgan fingerprint density at radius 3 is 1.20 bits per heavy atom. The monoisotopic (exact) mass is 390 g/mol. The van der Waals surface area contributed by atoms with E-state index in [1.807, 2.05) is 24.3 Å². The molecule has 0 fully saturated rings. The Morgan fingerprint density at radius 1 is 0.680 bits per heavy atom. The van der Waals surface area contributed by atoms with Crippen LogP contribution in [0.15, 0.2) is 48.5 Å². The van der Waals surface area contributed by atoms with E-state index >= 15 is 0 Å². The van der Waals surface area contributed by atoms with Crippen molar-refractivity contribution in [3.8, 4) is 0 Å². The molecule has 0 aromatic heterocycles. The number of hydrogen-bond acceptors (Lipinski definition) is 4. The van der Waals surface area contributed by atoms with Gasteiger partial charge in [-0.15, -0.1) is 12.4 Å². The Hall–Kier alpha value is -1.89. The Balaban J connectivity index is 0.00000225. The molecule has 4 nitrogen and oxygen atoms in total. The number of amidine groups is 2. The Kier molecular flexibility index (Phi) is 6.58. The highest BCUT2D eigenvalue weighted by atomic mass is 35.5. The number of rotatable bonds is 4. The van der Waals surface area contributed by atoms with E-state index in [-0.39, 0.29) is 22.7 Å². The lowest BCUT2D eigenvalue weighted by Gasteiger charge is -2.16. The summed E-state index contributed by atoms with van der Waals surface area (Å²) >= 11 is 2.68. The molecule has 0 aliphatic rings. The van der Waals surface area contributed by atoms with Crippen molar-refractivity contribution in [1.29, 1.82) is 10.8 Å². The van der Waals surface area contributed by atoms with Gasteiger partial charge in [0.25, 0.3) is 0 Å². The average molecular weight is 391 g/mol. The molecular weight excluding hydrogens is 372 g/mol. The minimum Gasteiger partial charge on any atom is -0.379 e. The lowest BCUT2D eigenvalue weighted by Crippen LogP contribution is -2.05. The van der Waals surface area contributed by atoms with Gasteiger partial charge >= 0.3 is 0 Å². The van der Waals surface area contributed by atoms with Gasteiger partial charge < -0.3 is 11.5 Å². The zero-order valence-corrected chi connectivity index (χ0v) is 15.9. The van der Waals surface area contributed by atoms with Crippen LogP contribution in [0.25, 0.3) is 21.5 Å². The summed E-state index contributed by atoms with van der Waals surface area (Å²) in [6.45, 7) is 0. The molecule has 6 N–H and O–H groups in total. The topological polar surface area (TPSA) is 99.7 Å². The number of fused-ring (bicyclic) bond motifs is 2. The van der Waals surface area contributed by atoms with Gasteiger partial charge in [0.15, 0.2) is 10.3 Å². The Morgan fingerprint density at radius 2 is 0.960 bits per heavy atom. The molecule has 0 heterocycles. The van der Waals surface area contributed by atoms with Crippen LogP contribution in [0, 0.1) is 10.8 Å². The lowest BCUT2D eigenvalue weighted by molar-refractivity contribution is 1.45. The van der Waals surface area contributed by atoms with Crippen LogP contribution >= 0.6 is 35.9 Å². The minimum atomic E-state index is 0. The summed E-state index contributed by atoms with van der Waals surface area (Å²) < 4.78 is 0. The number of halogens is 1. The molecule has 0 atom stereocenters. The maximum atomic E-state index is 7.52. The fourth-order valence-electron chi connectivity index (χ4n) is 2.92. The molecule has 0 radical (unpaired) electrons. The quantitative estimate of drug-likeness (QED) is 0.295. The highest BCUT2D eigenvalue weighted by Gasteiger charge is 2.14. The van der Waals surface area contributed by atoms with E-state index in [0.29, 0.717) is 11.5 Å². The molecule has 3 rings (SSSR count). The van der Waals surface area contributed by atoms with Crippen molar-refractivity contribution in [2.75, 3.05) is 0 Å². The van der Waals surface area contributed by atoms with E-state index in [1.165, 1.54) is 56.2 Å². The minimum absolute atomic E-state index is 0. The van der Waals surface area contributed by atoms with E-state index in [2.05, 4.69) is 24.3 Å². The summed E-state index contributed by atoms with van der Waals surface area (Å²) in [4.78, 5) is 0. The van der Waals surface area contributed by atoms with Crippen LogP contribution in [0.2, 0.25) is 0 Å². The summed E-state index contributed by atoms with van der Waals surface area (Å²) in [6, 6.07) is 16.6. The van der Waals surface area contributed by atoms with Crippen LogP contribution in [-0.4, -0.2) is 10.3 Å². The predicted octanol–water partition coefficient (Wildman–Crippen LogP) is 4.67. The van der Waals surface area contributed by atoms with Crippen molar-refractivity contribution in [3.63, 3.8) is 0 Å². The molecule has 0 bridgehead atoms. The van der Waals surface area contributed by atoms with Gasteiger partial charge in [0, 0.05) is 11.5 Å². The van der Waals surface area contributed by atoms with Crippen molar-refractivity contribution in [2.24, 2.45) is 11.5 Å². The van der Waals surface area contributed by atoms with Crippen molar-refractivity contribution >= 4 is 67.8 Å². The first kappa shape index (κ1) is 19.4. The first-order chi connectivity index (χ1) is 11.6. The predicted molar refractivity (Wildman–Crippen MR) is 115 cm³/mol. The third-order valence-corrected chi connectivity index (χ3v) is 5.39. The van der Waals surface area contributed by atoms with Gasteiger partial charge in [-0.2, -0.15) is 0 Å². The first-order valence-corrected chi connectivity index (χ1v) is 9.40. The van der Waals surface area contributed by atoms with Gasteiger partial charge in [-0.05, 0) is 32.7 Å². The van der Waals surface area contributed by atoms with Crippen LogP contribution in [-0.2, 0) is 11.5 Å². The Labute approximate surface area is 161 Å². The SMILES string of the molecule is Cl.N=C(N)SCc1c2ccccc2c(CSC(=N)N)c2ccccc12. The van der Waals surface area contributed by atoms with E-state index in [9.17, 15) is 0 Å². The van der Waals surface area contributed by atoms with E-state index in [1.54, 1.807) is 0 Å². The second-order valence-electron chi connectivity index (χ2n) is 5.35. The number of thioether (sulfide) groups is 2. The molecule has 130 valence electrons. The summed E-state index contributed by atoms with van der Waals surface area (Å²) in [7, 11) is 0. The van der Waals surface area contributed by atoms with Crippen LogP contribution < -0.4 is 11.5 Å². The molecule has 25 heavy (non-hydrogen) atoms. The molecule has 0 spiro atoms. The van der Waals surface area contributed by atoms with Crippen molar-refractivity contribution in [3.05, 3.63) is 59.7 Å². The number of benzene rings is 3. The van der Waals surface area contributed by atoms with Gasteiger partial charge in [0.2, 0.25) is 0 Å². The Bertz CT molecular complexity index is 810. The maximum absolute atomic E-state index is 7.52. The normalized spacial score (nSPS) is 10.6. The van der Waals surface area contributed by atoms with Crippen molar-refractivity contribution in [2.45, 2.75) is 11.5 Å². The van der Waals surface area contributed by atoms with Crippen LogP contribution in [0.1, 0.15) is 11.1 Å². The highest BCUT2D eigenvalue weighted by Crippen LogP contribution is 2.36.